The number of nitrogens with zero attached hydrogens (tertiary/aromatic N) is 1. The number of hydrogen-bond acceptors (Lipinski definition) is 7. The first-order chi connectivity index (χ1) is 13.5. The normalized spacial score (nSPS) is 10.8. The Morgan fingerprint density at radius 3 is 2.89 bits per heavy atom. The first kappa shape index (κ1) is 17.7. The Kier molecular flexibility index (Phi) is 4.50. The van der Waals surface area contributed by atoms with E-state index in [1.54, 1.807) is 41.9 Å². The van der Waals surface area contributed by atoms with Crippen LogP contribution in [0.15, 0.2) is 57.2 Å². The number of aromatic nitrogens is 2. The molecule has 0 spiro atoms. The van der Waals surface area contributed by atoms with Gasteiger partial charge in [0.15, 0.2) is 16.3 Å². The van der Waals surface area contributed by atoms with E-state index in [0.717, 1.165) is 6.07 Å². The molecule has 3 heterocycles. The van der Waals surface area contributed by atoms with E-state index in [1.807, 2.05) is 0 Å². The SMILES string of the molecule is COC(=O)c1cc(-c2csc(NC(=O)c3cc(=O)c4ccccc4o3)n2)c[nH]1. The number of benzene rings is 1. The maximum atomic E-state index is 12.4. The molecule has 1 amide bonds. The molecule has 2 N–H and O–H groups in total. The van der Waals surface area contributed by atoms with Gasteiger partial charge >= 0.3 is 5.97 Å². The highest BCUT2D eigenvalue weighted by Crippen LogP contribution is 2.26. The van der Waals surface area contributed by atoms with Crippen LogP contribution in [0, 0.1) is 0 Å². The van der Waals surface area contributed by atoms with Crippen LogP contribution in [-0.2, 0) is 4.74 Å². The van der Waals surface area contributed by atoms with Crippen LogP contribution in [0.2, 0.25) is 0 Å². The van der Waals surface area contributed by atoms with Crippen LogP contribution in [0.5, 0.6) is 0 Å². The first-order valence-electron chi connectivity index (χ1n) is 8.12. The standard InChI is InChI=1S/C19H13N3O5S/c1-26-18(25)12-6-10(8-20-12)13-9-28-19(21-13)22-17(24)16-7-14(23)11-4-2-3-5-15(11)27-16/h2-9,20H,1H3,(H,21,22,24). The molecule has 0 bridgehead atoms. The minimum atomic E-state index is -0.576. The maximum Gasteiger partial charge on any atom is 0.354 e. The first-order valence-corrected chi connectivity index (χ1v) is 9.00. The van der Waals surface area contributed by atoms with Gasteiger partial charge in [0.25, 0.3) is 5.91 Å². The largest absolute Gasteiger partial charge is 0.464 e. The van der Waals surface area contributed by atoms with Crippen LogP contribution in [-0.4, -0.2) is 29.0 Å². The quantitative estimate of drug-likeness (QED) is 0.513. The van der Waals surface area contributed by atoms with Crippen LogP contribution in [0.4, 0.5) is 5.13 Å². The summed E-state index contributed by atoms with van der Waals surface area (Å²) in [6.07, 6.45) is 1.62. The molecule has 3 aromatic heterocycles. The monoisotopic (exact) mass is 395 g/mol. The average Bonchev–Trinajstić information content (AvgIpc) is 3.37. The highest BCUT2D eigenvalue weighted by molar-refractivity contribution is 7.14. The number of nitrogens with one attached hydrogen (secondary N) is 2. The molecule has 0 aliphatic heterocycles. The number of rotatable bonds is 4. The summed E-state index contributed by atoms with van der Waals surface area (Å²) in [5.74, 6) is -1.16. The fraction of sp³-hybridized carbons (Fsp3) is 0.0526. The van der Waals surface area contributed by atoms with Crippen LogP contribution in [0.1, 0.15) is 21.0 Å². The summed E-state index contributed by atoms with van der Waals surface area (Å²) in [5, 5.41) is 5.08. The van der Waals surface area contributed by atoms with Gasteiger partial charge < -0.3 is 14.1 Å². The minimum Gasteiger partial charge on any atom is -0.464 e. The summed E-state index contributed by atoms with van der Waals surface area (Å²) in [6, 6.07) is 9.47. The number of amides is 1. The number of thiazole rings is 1. The van der Waals surface area contributed by atoms with E-state index in [2.05, 4.69) is 20.0 Å². The number of methoxy groups -OCH3 is 1. The van der Waals surface area contributed by atoms with E-state index in [1.165, 1.54) is 18.4 Å². The van der Waals surface area contributed by atoms with E-state index in [0.29, 0.717) is 33.1 Å². The van der Waals surface area contributed by atoms with Crippen molar-refractivity contribution in [3.05, 3.63) is 69.7 Å². The highest BCUT2D eigenvalue weighted by Gasteiger charge is 2.16. The molecule has 0 radical (unpaired) electrons. The molecule has 9 heteroatoms. The van der Waals surface area contributed by atoms with Crippen molar-refractivity contribution in [2.24, 2.45) is 0 Å². The Hall–Kier alpha value is -3.72. The Morgan fingerprint density at radius 1 is 1.25 bits per heavy atom. The third-order valence-corrected chi connectivity index (χ3v) is 4.72. The van der Waals surface area contributed by atoms with Gasteiger partial charge in [0.2, 0.25) is 0 Å². The predicted molar refractivity (Wildman–Crippen MR) is 104 cm³/mol. The van der Waals surface area contributed by atoms with Gasteiger partial charge in [-0.1, -0.05) is 12.1 Å². The van der Waals surface area contributed by atoms with Crippen molar-refractivity contribution in [2.45, 2.75) is 0 Å². The van der Waals surface area contributed by atoms with Crippen LogP contribution < -0.4 is 10.7 Å². The molecule has 0 fully saturated rings. The molecule has 0 aliphatic carbocycles. The van der Waals surface area contributed by atoms with Gasteiger partial charge in [-0.25, -0.2) is 9.78 Å². The summed E-state index contributed by atoms with van der Waals surface area (Å²) in [4.78, 5) is 43.2. The van der Waals surface area contributed by atoms with Gasteiger partial charge in [-0.15, -0.1) is 11.3 Å². The van der Waals surface area contributed by atoms with Crippen LogP contribution in [0.3, 0.4) is 0 Å². The molecule has 28 heavy (non-hydrogen) atoms. The number of esters is 1. The summed E-state index contributed by atoms with van der Waals surface area (Å²) in [6.45, 7) is 0. The highest BCUT2D eigenvalue weighted by atomic mass is 32.1. The molecule has 4 aromatic rings. The zero-order valence-corrected chi connectivity index (χ0v) is 15.3. The summed E-state index contributed by atoms with van der Waals surface area (Å²) in [7, 11) is 1.30. The zero-order valence-electron chi connectivity index (χ0n) is 14.5. The molecule has 4 rings (SSSR count). The fourth-order valence-electron chi connectivity index (χ4n) is 2.61. The van der Waals surface area contributed by atoms with E-state index in [-0.39, 0.29) is 11.2 Å². The van der Waals surface area contributed by atoms with Crippen molar-refractivity contribution in [3.8, 4) is 11.3 Å². The van der Waals surface area contributed by atoms with E-state index < -0.39 is 11.9 Å². The predicted octanol–water partition coefficient (Wildman–Crippen LogP) is 3.28. The number of hydrogen-bond donors (Lipinski definition) is 2. The second kappa shape index (κ2) is 7.12. The van der Waals surface area contributed by atoms with E-state index >= 15 is 0 Å². The van der Waals surface area contributed by atoms with Crippen molar-refractivity contribution in [2.75, 3.05) is 12.4 Å². The number of aromatic amines is 1. The fourth-order valence-corrected chi connectivity index (χ4v) is 3.32. The van der Waals surface area contributed by atoms with Crippen molar-refractivity contribution in [1.82, 2.24) is 9.97 Å². The lowest BCUT2D eigenvalue weighted by Crippen LogP contribution is -2.14. The number of carbonyl (C=O) groups is 2. The van der Waals surface area contributed by atoms with Gasteiger partial charge in [0.1, 0.15) is 11.3 Å². The Labute approximate surface area is 161 Å². The topological polar surface area (TPSA) is 114 Å². The Balaban J connectivity index is 1.55. The third-order valence-electron chi connectivity index (χ3n) is 3.97. The van der Waals surface area contributed by atoms with Crippen LogP contribution >= 0.6 is 11.3 Å². The van der Waals surface area contributed by atoms with Crippen molar-refractivity contribution in [3.63, 3.8) is 0 Å². The molecular weight excluding hydrogens is 382 g/mol. The van der Waals surface area contributed by atoms with Gasteiger partial charge in [-0.05, 0) is 18.2 Å². The van der Waals surface area contributed by atoms with Gasteiger partial charge in [0.05, 0.1) is 18.2 Å². The molecule has 0 saturated carbocycles. The van der Waals surface area contributed by atoms with E-state index in [9.17, 15) is 14.4 Å². The van der Waals surface area contributed by atoms with Crippen molar-refractivity contribution in [1.29, 1.82) is 0 Å². The molecule has 0 aliphatic rings. The molecule has 140 valence electrons. The lowest BCUT2D eigenvalue weighted by Gasteiger charge is -2.02. The van der Waals surface area contributed by atoms with Crippen LogP contribution in [0.25, 0.3) is 22.2 Å². The average molecular weight is 395 g/mol. The van der Waals surface area contributed by atoms with E-state index in [4.69, 9.17) is 4.42 Å². The molecule has 0 saturated heterocycles. The second-order valence-corrected chi connectivity index (χ2v) is 6.61. The van der Waals surface area contributed by atoms with Crippen molar-refractivity contribution < 1.29 is 18.7 Å². The number of ether oxygens (including phenoxy) is 1. The maximum absolute atomic E-state index is 12.4. The molecule has 1 aromatic carbocycles. The number of para-hydroxylation sites is 1. The third kappa shape index (κ3) is 3.30. The smallest absolute Gasteiger partial charge is 0.354 e. The zero-order chi connectivity index (χ0) is 19.7. The van der Waals surface area contributed by atoms with Gasteiger partial charge in [0, 0.05) is 23.2 Å². The van der Waals surface area contributed by atoms with Crippen molar-refractivity contribution >= 4 is 39.3 Å². The summed E-state index contributed by atoms with van der Waals surface area (Å²) < 4.78 is 10.2. The summed E-state index contributed by atoms with van der Waals surface area (Å²) >= 11 is 1.21. The molecule has 8 nitrogen and oxygen atoms in total. The number of carbonyl (C=O) groups excluding carboxylic acids is 2. The Morgan fingerprint density at radius 2 is 2.07 bits per heavy atom. The number of H-pyrrole nitrogens is 1. The second-order valence-electron chi connectivity index (χ2n) is 5.76. The number of fused-ring (bicyclic) bond motifs is 1. The lowest BCUT2D eigenvalue weighted by atomic mass is 10.2. The molecule has 0 unspecified atom stereocenters. The molecule has 0 atom stereocenters. The lowest BCUT2D eigenvalue weighted by molar-refractivity contribution is 0.0594. The van der Waals surface area contributed by atoms with Gasteiger partial charge in [-0.2, -0.15) is 0 Å². The minimum absolute atomic E-state index is 0.102. The molecular formula is C19H13N3O5S. The Bertz CT molecular complexity index is 1250. The summed E-state index contributed by atoms with van der Waals surface area (Å²) in [5.41, 5.74) is 1.59. The number of anilines is 1. The van der Waals surface area contributed by atoms with Gasteiger partial charge in [-0.3, -0.25) is 14.9 Å².